The second-order valence-electron chi connectivity index (χ2n) is 4.58. The van der Waals surface area contributed by atoms with E-state index in [-0.39, 0.29) is 0 Å². The van der Waals surface area contributed by atoms with Gasteiger partial charge in [-0.1, -0.05) is 52.5 Å². The van der Waals surface area contributed by atoms with Gasteiger partial charge in [0, 0.05) is 15.6 Å². The van der Waals surface area contributed by atoms with Crippen molar-refractivity contribution in [3.05, 3.63) is 52.0 Å². The number of hydrogen-bond acceptors (Lipinski definition) is 2. The molecule has 0 atom stereocenters. The Labute approximate surface area is 120 Å². The average molecular weight is 313 g/mol. The zero-order valence-electron chi connectivity index (χ0n) is 10.4. The van der Waals surface area contributed by atoms with E-state index in [1.54, 1.807) is 6.07 Å². The lowest BCUT2D eigenvalue weighted by Gasteiger charge is -2.18. The molecule has 19 heavy (non-hydrogen) atoms. The summed E-state index contributed by atoms with van der Waals surface area (Å²) < 4.78 is 0.807. The smallest absolute Gasteiger partial charge is 0.234 e. The third kappa shape index (κ3) is 1.87. The maximum Gasteiger partial charge on any atom is 0.234 e. The minimum Gasteiger partial charge on any atom is -0.285 e. The molecule has 0 amide bonds. The molecule has 0 unspecified atom stereocenters. The van der Waals surface area contributed by atoms with Gasteiger partial charge in [0.15, 0.2) is 7.28 Å². The molecule has 0 bridgehead atoms. The normalized spacial score (nSPS) is 12.9. The number of rotatable bonds is 1. The standard InChI is InChI=1S/C15H10BBrO2/c1-16-8-2-4-10-11-5-3-9(17)7-13(11)15(19)14(18)12(10)6-8/h2-7,16H,1H3. The maximum atomic E-state index is 12.2. The van der Waals surface area contributed by atoms with Crippen LogP contribution < -0.4 is 5.46 Å². The molecule has 92 valence electrons. The molecule has 0 radical (unpaired) electrons. The minimum atomic E-state index is -0.419. The van der Waals surface area contributed by atoms with E-state index in [9.17, 15) is 9.59 Å². The number of fused-ring (bicyclic) bond motifs is 3. The molecule has 4 heteroatoms. The first-order valence-corrected chi connectivity index (χ1v) is 6.93. The highest BCUT2D eigenvalue weighted by Crippen LogP contribution is 2.34. The Kier molecular flexibility index (Phi) is 2.90. The van der Waals surface area contributed by atoms with Crippen LogP contribution in [0.25, 0.3) is 11.1 Å². The largest absolute Gasteiger partial charge is 0.285 e. The van der Waals surface area contributed by atoms with Gasteiger partial charge in [-0.2, -0.15) is 0 Å². The molecule has 3 rings (SSSR count). The Morgan fingerprint density at radius 1 is 0.842 bits per heavy atom. The molecule has 2 aromatic carbocycles. The second-order valence-corrected chi connectivity index (χ2v) is 5.50. The van der Waals surface area contributed by atoms with Gasteiger partial charge < -0.3 is 0 Å². The van der Waals surface area contributed by atoms with E-state index in [0.29, 0.717) is 11.1 Å². The Bertz CT molecular complexity index is 722. The van der Waals surface area contributed by atoms with Crippen molar-refractivity contribution < 1.29 is 9.59 Å². The SMILES string of the molecule is CBc1ccc2c(c1)C(=O)C(=O)c1cc(Br)ccc1-2. The summed E-state index contributed by atoms with van der Waals surface area (Å²) in [4.78, 5) is 24.4. The first kappa shape index (κ1) is 12.4. The summed E-state index contributed by atoms with van der Waals surface area (Å²) in [5.74, 6) is -0.826. The first-order valence-electron chi connectivity index (χ1n) is 6.13. The third-order valence-electron chi connectivity index (χ3n) is 3.46. The molecule has 0 saturated heterocycles. The van der Waals surface area contributed by atoms with Crippen LogP contribution in [0, 0.1) is 0 Å². The lowest BCUT2D eigenvalue weighted by molar-refractivity contribution is 0.0815. The number of benzene rings is 2. The van der Waals surface area contributed by atoms with E-state index in [2.05, 4.69) is 15.9 Å². The molecule has 0 saturated carbocycles. The fourth-order valence-corrected chi connectivity index (χ4v) is 2.78. The molecule has 0 aliphatic heterocycles. The molecule has 0 N–H and O–H groups in total. The Balaban J connectivity index is 2.32. The van der Waals surface area contributed by atoms with Crippen LogP contribution in [0.5, 0.6) is 0 Å². The van der Waals surface area contributed by atoms with Gasteiger partial charge >= 0.3 is 0 Å². The van der Waals surface area contributed by atoms with E-state index >= 15 is 0 Å². The summed E-state index contributed by atoms with van der Waals surface area (Å²) in [6, 6.07) is 11.3. The summed E-state index contributed by atoms with van der Waals surface area (Å²) >= 11 is 3.34. The number of Topliss-reactive ketones (excluding diaryl/α,β-unsaturated/α-hetero) is 2. The summed E-state index contributed by atoms with van der Waals surface area (Å²) in [5.41, 5.74) is 3.77. The quantitative estimate of drug-likeness (QED) is 0.599. The molecule has 0 heterocycles. The highest BCUT2D eigenvalue weighted by Gasteiger charge is 2.30. The molecule has 0 aromatic heterocycles. The number of carbonyl (C=O) groups is 2. The minimum absolute atomic E-state index is 0.407. The zero-order chi connectivity index (χ0) is 13.6. The monoisotopic (exact) mass is 312 g/mol. The summed E-state index contributed by atoms with van der Waals surface area (Å²) in [5, 5.41) is 0. The lowest BCUT2D eigenvalue weighted by atomic mass is 9.71. The Morgan fingerprint density at radius 3 is 2.05 bits per heavy atom. The predicted molar refractivity (Wildman–Crippen MR) is 80.9 cm³/mol. The second kappa shape index (κ2) is 4.46. The first-order chi connectivity index (χ1) is 9.11. The number of carbonyl (C=O) groups excluding carboxylic acids is 2. The van der Waals surface area contributed by atoms with Crippen molar-refractivity contribution in [1.82, 2.24) is 0 Å². The molecule has 0 spiro atoms. The van der Waals surface area contributed by atoms with Crippen molar-refractivity contribution in [2.45, 2.75) is 6.82 Å². The lowest BCUT2D eigenvalue weighted by Crippen LogP contribution is -2.24. The van der Waals surface area contributed by atoms with Crippen molar-refractivity contribution in [3.63, 3.8) is 0 Å². The molecule has 2 nitrogen and oxygen atoms in total. The Hall–Kier alpha value is -1.68. The molecule has 1 aliphatic rings. The Morgan fingerprint density at radius 2 is 1.42 bits per heavy atom. The van der Waals surface area contributed by atoms with Crippen molar-refractivity contribution >= 4 is 40.2 Å². The van der Waals surface area contributed by atoms with Gasteiger partial charge in [-0.05, 0) is 23.3 Å². The van der Waals surface area contributed by atoms with Gasteiger partial charge in [0.2, 0.25) is 11.6 Å². The highest BCUT2D eigenvalue weighted by atomic mass is 79.9. The average Bonchev–Trinajstić information content (AvgIpc) is 2.44. The number of ketones is 2. The van der Waals surface area contributed by atoms with Gasteiger partial charge in [-0.15, -0.1) is 0 Å². The van der Waals surface area contributed by atoms with Gasteiger partial charge in [0.05, 0.1) is 0 Å². The van der Waals surface area contributed by atoms with E-state index < -0.39 is 11.6 Å². The summed E-state index contributed by atoms with van der Waals surface area (Å²) in [6.07, 6.45) is 0. The molecule has 1 aliphatic carbocycles. The zero-order valence-corrected chi connectivity index (χ0v) is 12.0. The molecule has 2 aromatic rings. The summed E-state index contributed by atoms with van der Waals surface area (Å²) in [7, 11) is 0.849. The van der Waals surface area contributed by atoms with Crippen molar-refractivity contribution in [2.24, 2.45) is 0 Å². The van der Waals surface area contributed by atoms with Crippen LogP contribution in [0.3, 0.4) is 0 Å². The maximum absolute atomic E-state index is 12.2. The van der Waals surface area contributed by atoms with Crippen LogP contribution in [-0.4, -0.2) is 18.8 Å². The highest BCUT2D eigenvalue weighted by molar-refractivity contribution is 9.10. The molecular weight excluding hydrogens is 303 g/mol. The predicted octanol–water partition coefficient (Wildman–Crippen LogP) is 2.61. The van der Waals surface area contributed by atoms with Crippen LogP contribution in [0.1, 0.15) is 20.7 Å². The summed E-state index contributed by atoms with van der Waals surface area (Å²) in [6.45, 7) is 2.03. The fourth-order valence-electron chi connectivity index (χ4n) is 2.42. The van der Waals surface area contributed by atoms with Crippen LogP contribution in [-0.2, 0) is 0 Å². The van der Waals surface area contributed by atoms with Crippen LogP contribution in [0.15, 0.2) is 40.9 Å². The van der Waals surface area contributed by atoms with Crippen molar-refractivity contribution in [3.8, 4) is 11.1 Å². The molecular formula is C15H10BBrO2. The topological polar surface area (TPSA) is 34.1 Å². The van der Waals surface area contributed by atoms with E-state index in [4.69, 9.17) is 0 Å². The molecule has 0 fully saturated rings. The van der Waals surface area contributed by atoms with Crippen LogP contribution >= 0.6 is 15.9 Å². The van der Waals surface area contributed by atoms with Gasteiger partial charge in [0.25, 0.3) is 0 Å². The van der Waals surface area contributed by atoms with Gasteiger partial charge in [-0.25, -0.2) is 0 Å². The number of hydrogen-bond donors (Lipinski definition) is 0. The fraction of sp³-hybridized carbons (Fsp3) is 0.0667. The van der Waals surface area contributed by atoms with Crippen molar-refractivity contribution in [2.75, 3.05) is 0 Å². The third-order valence-corrected chi connectivity index (χ3v) is 3.95. The van der Waals surface area contributed by atoms with Gasteiger partial charge in [-0.3, -0.25) is 9.59 Å². The van der Waals surface area contributed by atoms with E-state index in [0.717, 1.165) is 28.3 Å². The van der Waals surface area contributed by atoms with Crippen LogP contribution in [0.4, 0.5) is 0 Å². The van der Waals surface area contributed by atoms with E-state index in [1.165, 1.54) is 0 Å². The number of halogens is 1. The van der Waals surface area contributed by atoms with Crippen molar-refractivity contribution in [1.29, 1.82) is 0 Å². The van der Waals surface area contributed by atoms with Crippen LogP contribution in [0.2, 0.25) is 6.82 Å². The van der Waals surface area contributed by atoms with E-state index in [1.807, 2.05) is 37.2 Å². The van der Waals surface area contributed by atoms with Gasteiger partial charge in [0.1, 0.15) is 0 Å².